The van der Waals surface area contributed by atoms with Crippen molar-refractivity contribution in [3.05, 3.63) is 11.1 Å². The first-order chi connectivity index (χ1) is 10.2. The molecule has 0 unspecified atom stereocenters. The Labute approximate surface area is 130 Å². The van der Waals surface area contributed by atoms with Gasteiger partial charge in [0.05, 0.1) is 19.3 Å². The fourth-order valence-corrected chi connectivity index (χ4v) is 3.53. The van der Waals surface area contributed by atoms with Crippen molar-refractivity contribution in [2.24, 2.45) is 5.92 Å². The van der Waals surface area contributed by atoms with Crippen molar-refractivity contribution in [2.75, 3.05) is 31.6 Å². The van der Waals surface area contributed by atoms with Crippen LogP contribution in [0.4, 0.5) is 5.13 Å². The Bertz CT molecular complexity index is 454. The zero-order valence-electron chi connectivity index (χ0n) is 13.1. The molecule has 0 radical (unpaired) electrons. The molecule has 0 saturated carbocycles. The summed E-state index contributed by atoms with van der Waals surface area (Å²) < 4.78 is 5.41. The smallest absolute Gasteiger partial charge is 0.243 e. The summed E-state index contributed by atoms with van der Waals surface area (Å²) in [5.41, 5.74) is 0. The first-order valence-corrected chi connectivity index (χ1v) is 8.52. The zero-order valence-corrected chi connectivity index (χ0v) is 13.9. The van der Waals surface area contributed by atoms with Gasteiger partial charge in [-0.05, 0) is 12.8 Å². The minimum atomic E-state index is -0.0897. The maximum Gasteiger partial charge on any atom is 0.243 e. The van der Waals surface area contributed by atoms with Crippen LogP contribution in [0.5, 0.6) is 0 Å². The van der Waals surface area contributed by atoms with Crippen molar-refractivity contribution in [1.82, 2.24) is 9.88 Å². The molecule has 1 aromatic heterocycles. The van der Waals surface area contributed by atoms with Gasteiger partial charge in [-0.15, -0.1) is 11.3 Å². The van der Waals surface area contributed by atoms with Crippen LogP contribution in [0.1, 0.15) is 31.6 Å². The van der Waals surface area contributed by atoms with E-state index in [0.717, 1.165) is 30.8 Å². The Morgan fingerprint density at radius 3 is 2.62 bits per heavy atom. The van der Waals surface area contributed by atoms with Gasteiger partial charge in [0.1, 0.15) is 0 Å². The number of aryl methyl sites for hydroxylation is 1. The Hall–Kier alpha value is -0.980. The van der Waals surface area contributed by atoms with Gasteiger partial charge in [-0.25, -0.2) is 4.98 Å². The largest absolute Gasteiger partial charge is 0.379 e. The van der Waals surface area contributed by atoms with Crippen LogP contribution in [0.3, 0.4) is 0 Å². The lowest BCUT2D eigenvalue weighted by atomic mass is 9.92. The molecule has 1 aromatic rings. The minimum absolute atomic E-state index is 0.0694. The molecule has 2 rings (SSSR count). The third-order valence-corrected chi connectivity index (χ3v) is 4.88. The molecular weight excluding hydrogens is 286 g/mol. The SMILES string of the molecule is CCC(CC)[C@H](C(=O)Nc1ncc(C)s1)N1CCOCC1. The van der Waals surface area contributed by atoms with E-state index in [2.05, 4.69) is 29.0 Å². The van der Waals surface area contributed by atoms with Gasteiger partial charge in [-0.2, -0.15) is 0 Å². The molecule has 0 spiro atoms. The molecule has 5 nitrogen and oxygen atoms in total. The van der Waals surface area contributed by atoms with Gasteiger partial charge < -0.3 is 10.1 Å². The lowest BCUT2D eigenvalue weighted by Gasteiger charge is -2.37. The molecule has 1 saturated heterocycles. The monoisotopic (exact) mass is 311 g/mol. The van der Waals surface area contributed by atoms with Crippen LogP contribution in [0.15, 0.2) is 6.20 Å². The highest BCUT2D eigenvalue weighted by atomic mass is 32.1. The standard InChI is InChI=1S/C15H25N3O2S/c1-4-12(5-2)13(18-6-8-20-9-7-18)14(19)17-15-16-10-11(3)21-15/h10,12-13H,4-9H2,1-3H3,(H,16,17,19)/t13-/m1/s1. The topological polar surface area (TPSA) is 54.5 Å². The van der Waals surface area contributed by atoms with E-state index < -0.39 is 0 Å². The number of carbonyl (C=O) groups excluding carboxylic acids is 1. The quantitative estimate of drug-likeness (QED) is 0.877. The number of ether oxygens (including phenoxy) is 1. The van der Waals surface area contributed by atoms with Crippen LogP contribution in [0.25, 0.3) is 0 Å². The molecule has 1 N–H and O–H groups in total. The maximum absolute atomic E-state index is 12.8. The van der Waals surface area contributed by atoms with Crippen molar-refractivity contribution in [3.8, 4) is 0 Å². The van der Waals surface area contributed by atoms with Crippen LogP contribution in [-0.4, -0.2) is 48.1 Å². The van der Waals surface area contributed by atoms with E-state index in [4.69, 9.17) is 4.74 Å². The number of amides is 1. The van der Waals surface area contributed by atoms with E-state index in [1.165, 1.54) is 11.3 Å². The summed E-state index contributed by atoms with van der Waals surface area (Å²) in [6, 6.07) is -0.0897. The van der Waals surface area contributed by atoms with E-state index in [9.17, 15) is 4.79 Å². The van der Waals surface area contributed by atoms with E-state index in [-0.39, 0.29) is 11.9 Å². The summed E-state index contributed by atoms with van der Waals surface area (Å²) in [5, 5.41) is 3.69. The molecule has 0 aromatic carbocycles. The molecule has 1 aliphatic heterocycles. The Morgan fingerprint density at radius 1 is 1.43 bits per heavy atom. The van der Waals surface area contributed by atoms with Gasteiger partial charge in [0.15, 0.2) is 5.13 Å². The fraction of sp³-hybridized carbons (Fsp3) is 0.733. The number of aromatic nitrogens is 1. The number of morpholine rings is 1. The average Bonchev–Trinajstić information content (AvgIpc) is 2.90. The predicted octanol–water partition coefficient (Wildman–Crippen LogP) is 2.53. The molecule has 1 aliphatic rings. The van der Waals surface area contributed by atoms with Crippen LogP contribution in [0, 0.1) is 12.8 Å². The first-order valence-electron chi connectivity index (χ1n) is 7.70. The van der Waals surface area contributed by atoms with Gasteiger partial charge >= 0.3 is 0 Å². The molecule has 6 heteroatoms. The fourth-order valence-electron chi connectivity index (χ4n) is 2.86. The Kier molecular flexibility index (Phi) is 6.14. The highest BCUT2D eigenvalue weighted by molar-refractivity contribution is 7.15. The summed E-state index contributed by atoms with van der Waals surface area (Å²) in [6.07, 6.45) is 3.80. The van der Waals surface area contributed by atoms with Crippen LogP contribution < -0.4 is 5.32 Å². The number of anilines is 1. The first kappa shape index (κ1) is 16.4. The molecule has 1 fully saturated rings. The Balaban J connectivity index is 2.10. The highest BCUT2D eigenvalue weighted by Gasteiger charge is 2.33. The number of thiazole rings is 1. The average molecular weight is 311 g/mol. The predicted molar refractivity (Wildman–Crippen MR) is 85.7 cm³/mol. The third-order valence-electron chi connectivity index (χ3n) is 4.05. The molecule has 0 aliphatic carbocycles. The van der Waals surface area contributed by atoms with Crippen LogP contribution in [0.2, 0.25) is 0 Å². The Morgan fingerprint density at radius 2 is 2.10 bits per heavy atom. The van der Waals surface area contributed by atoms with Crippen LogP contribution in [-0.2, 0) is 9.53 Å². The molecular formula is C15H25N3O2S. The van der Waals surface area contributed by atoms with E-state index >= 15 is 0 Å². The second kappa shape index (κ2) is 7.87. The normalized spacial score (nSPS) is 17.9. The lowest BCUT2D eigenvalue weighted by molar-refractivity contribution is -0.125. The number of hydrogen-bond acceptors (Lipinski definition) is 5. The summed E-state index contributed by atoms with van der Waals surface area (Å²) in [5.74, 6) is 0.434. The molecule has 21 heavy (non-hydrogen) atoms. The number of rotatable bonds is 6. The van der Waals surface area contributed by atoms with Crippen molar-refractivity contribution in [1.29, 1.82) is 0 Å². The number of nitrogens with zero attached hydrogens (tertiary/aromatic N) is 2. The summed E-state index contributed by atoms with van der Waals surface area (Å²) >= 11 is 1.52. The van der Waals surface area contributed by atoms with E-state index in [1.807, 2.05) is 6.92 Å². The number of carbonyl (C=O) groups is 1. The van der Waals surface area contributed by atoms with Crippen LogP contribution >= 0.6 is 11.3 Å². The van der Waals surface area contributed by atoms with Gasteiger partial charge in [-0.1, -0.05) is 26.7 Å². The van der Waals surface area contributed by atoms with Crippen molar-refractivity contribution >= 4 is 22.4 Å². The summed E-state index contributed by atoms with van der Waals surface area (Å²) in [7, 11) is 0. The van der Waals surface area contributed by atoms with Gasteiger partial charge in [-0.3, -0.25) is 9.69 Å². The highest BCUT2D eigenvalue weighted by Crippen LogP contribution is 2.23. The second-order valence-corrected chi connectivity index (χ2v) is 6.67. The van der Waals surface area contributed by atoms with Gasteiger partial charge in [0, 0.05) is 24.2 Å². The molecule has 2 heterocycles. The van der Waals surface area contributed by atoms with Crippen molar-refractivity contribution in [2.45, 2.75) is 39.7 Å². The second-order valence-electron chi connectivity index (χ2n) is 5.44. The summed E-state index contributed by atoms with van der Waals surface area (Å²) in [6.45, 7) is 9.37. The number of hydrogen-bond donors (Lipinski definition) is 1. The van der Waals surface area contributed by atoms with Gasteiger partial charge in [0.25, 0.3) is 0 Å². The van der Waals surface area contributed by atoms with E-state index in [1.54, 1.807) is 6.20 Å². The third kappa shape index (κ3) is 4.25. The maximum atomic E-state index is 12.8. The lowest BCUT2D eigenvalue weighted by Crippen LogP contribution is -2.52. The molecule has 118 valence electrons. The number of nitrogens with one attached hydrogen (secondary N) is 1. The zero-order chi connectivity index (χ0) is 15.2. The minimum Gasteiger partial charge on any atom is -0.379 e. The van der Waals surface area contributed by atoms with E-state index in [0.29, 0.717) is 24.3 Å². The molecule has 0 bridgehead atoms. The van der Waals surface area contributed by atoms with Gasteiger partial charge in [0.2, 0.25) is 5.91 Å². The molecule has 1 amide bonds. The summed E-state index contributed by atoms with van der Waals surface area (Å²) in [4.78, 5) is 20.4. The molecule has 1 atom stereocenters. The van der Waals surface area contributed by atoms with Crippen molar-refractivity contribution < 1.29 is 9.53 Å². The van der Waals surface area contributed by atoms with Crippen molar-refractivity contribution in [3.63, 3.8) is 0 Å².